The minimum absolute atomic E-state index is 0.0146. The second kappa shape index (κ2) is 10.9. The summed E-state index contributed by atoms with van der Waals surface area (Å²) in [5.41, 5.74) is 3.49. The number of rotatable bonds is 9. The van der Waals surface area contributed by atoms with E-state index in [4.69, 9.17) is 4.74 Å². The molecule has 1 aliphatic carbocycles. The Labute approximate surface area is 217 Å². The molecule has 1 saturated carbocycles. The largest absolute Gasteiger partial charge is 0.497 e. The summed E-state index contributed by atoms with van der Waals surface area (Å²) in [7, 11) is 1.66. The van der Waals surface area contributed by atoms with Crippen LogP contribution in [-0.4, -0.2) is 48.4 Å². The number of methoxy groups -OCH3 is 1. The number of hydrogen-bond acceptors (Lipinski definition) is 4. The summed E-state index contributed by atoms with van der Waals surface area (Å²) >= 11 is 1.76. The van der Waals surface area contributed by atoms with Gasteiger partial charge < -0.3 is 14.5 Å². The van der Waals surface area contributed by atoms with Crippen LogP contribution in [0.15, 0.2) is 66.0 Å². The molecule has 1 aromatic heterocycles. The van der Waals surface area contributed by atoms with Crippen molar-refractivity contribution in [1.82, 2.24) is 9.80 Å². The average Bonchev–Trinajstić information content (AvgIpc) is 3.58. The Kier molecular flexibility index (Phi) is 7.42. The topological polar surface area (TPSA) is 49.9 Å². The van der Waals surface area contributed by atoms with Crippen molar-refractivity contribution in [2.75, 3.05) is 26.7 Å². The van der Waals surface area contributed by atoms with Crippen molar-refractivity contribution in [2.45, 2.75) is 44.6 Å². The van der Waals surface area contributed by atoms with Crippen molar-refractivity contribution in [3.8, 4) is 5.75 Å². The number of hydrogen-bond donors (Lipinski definition) is 0. The van der Waals surface area contributed by atoms with Gasteiger partial charge in [0.05, 0.1) is 19.7 Å². The second-order valence-electron chi connectivity index (χ2n) is 9.78. The summed E-state index contributed by atoms with van der Waals surface area (Å²) in [5, 5.41) is 2.11. The minimum Gasteiger partial charge on any atom is -0.497 e. The number of carbonyl (C=O) groups excluding carboxylic acids is 2. The second-order valence-corrected chi connectivity index (χ2v) is 10.8. The lowest BCUT2D eigenvalue weighted by Crippen LogP contribution is -2.47. The van der Waals surface area contributed by atoms with Gasteiger partial charge in [0.2, 0.25) is 11.8 Å². The van der Waals surface area contributed by atoms with Gasteiger partial charge in [-0.05, 0) is 65.4 Å². The van der Waals surface area contributed by atoms with Gasteiger partial charge >= 0.3 is 0 Å². The van der Waals surface area contributed by atoms with Crippen LogP contribution in [-0.2, 0) is 16.0 Å². The molecule has 1 fully saturated rings. The molecule has 3 atom stereocenters. The molecule has 0 spiro atoms. The average molecular weight is 503 g/mol. The molecule has 2 amide bonds. The Bertz CT molecular complexity index is 1190. The quantitative estimate of drug-likeness (QED) is 0.379. The van der Waals surface area contributed by atoms with E-state index < -0.39 is 0 Å². The first-order valence-electron chi connectivity index (χ1n) is 12.9. The molecule has 6 heteroatoms. The molecule has 1 aliphatic heterocycles. The van der Waals surface area contributed by atoms with Crippen LogP contribution in [0.5, 0.6) is 5.75 Å². The highest BCUT2D eigenvalue weighted by atomic mass is 32.1. The van der Waals surface area contributed by atoms with E-state index in [0.717, 1.165) is 37.0 Å². The van der Waals surface area contributed by atoms with E-state index in [0.29, 0.717) is 13.1 Å². The molecule has 5 nitrogen and oxygen atoms in total. The maximum absolute atomic E-state index is 13.8. The predicted molar refractivity (Wildman–Crippen MR) is 143 cm³/mol. The van der Waals surface area contributed by atoms with Gasteiger partial charge in [0.15, 0.2) is 0 Å². The van der Waals surface area contributed by atoms with Crippen LogP contribution in [0.4, 0.5) is 0 Å². The lowest BCUT2D eigenvalue weighted by Gasteiger charge is -2.37. The van der Waals surface area contributed by atoms with Crippen LogP contribution < -0.4 is 4.74 Å². The van der Waals surface area contributed by atoms with Crippen LogP contribution in [0.1, 0.15) is 59.7 Å². The third-order valence-corrected chi connectivity index (χ3v) is 8.47. The monoisotopic (exact) mass is 502 g/mol. The van der Waals surface area contributed by atoms with Gasteiger partial charge in [-0.3, -0.25) is 9.59 Å². The maximum atomic E-state index is 13.8. The summed E-state index contributed by atoms with van der Waals surface area (Å²) in [6, 6.07) is 20.3. The lowest BCUT2D eigenvalue weighted by atomic mass is 9.93. The van der Waals surface area contributed by atoms with Gasteiger partial charge in [-0.1, -0.05) is 55.8 Å². The van der Waals surface area contributed by atoms with E-state index >= 15 is 0 Å². The van der Waals surface area contributed by atoms with Crippen LogP contribution in [0.25, 0.3) is 0 Å². The molecule has 2 aromatic carbocycles. The summed E-state index contributed by atoms with van der Waals surface area (Å²) in [6.45, 7) is 3.55. The molecular formula is C30H34N2O3S. The molecular weight excluding hydrogens is 468 g/mol. The van der Waals surface area contributed by atoms with Crippen LogP contribution >= 0.6 is 11.3 Å². The molecule has 0 bridgehead atoms. The minimum atomic E-state index is -0.139. The summed E-state index contributed by atoms with van der Waals surface area (Å²) < 4.78 is 5.35. The molecule has 5 rings (SSSR count). The molecule has 2 aliphatic rings. The van der Waals surface area contributed by atoms with Crippen LogP contribution in [0.2, 0.25) is 0 Å². The molecule has 3 aromatic rings. The third kappa shape index (κ3) is 5.05. The zero-order valence-corrected chi connectivity index (χ0v) is 21.9. The van der Waals surface area contributed by atoms with Gasteiger partial charge in [-0.25, -0.2) is 0 Å². The van der Waals surface area contributed by atoms with E-state index in [9.17, 15) is 9.59 Å². The smallest absolute Gasteiger partial charge is 0.242 e. The molecule has 36 heavy (non-hydrogen) atoms. The molecule has 2 heterocycles. The van der Waals surface area contributed by atoms with E-state index in [1.54, 1.807) is 18.4 Å². The first kappa shape index (κ1) is 24.6. The molecule has 0 N–H and O–H groups in total. The van der Waals surface area contributed by atoms with E-state index in [1.807, 2.05) is 52.3 Å². The summed E-state index contributed by atoms with van der Waals surface area (Å²) in [6.07, 6.45) is 3.61. The number of thiophene rings is 1. The summed E-state index contributed by atoms with van der Waals surface area (Å²) in [4.78, 5) is 32.5. The van der Waals surface area contributed by atoms with Crippen molar-refractivity contribution in [2.24, 2.45) is 5.92 Å². The Morgan fingerprint density at radius 2 is 1.83 bits per heavy atom. The van der Waals surface area contributed by atoms with Gasteiger partial charge in [-0.2, -0.15) is 0 Å². The van der Waals surface area contributed by atoms with Gasteiger partial charge in [0.1, 0.15) is 5.75 Å². The number of ether oxygens (including phenoxy) is 1. The van der Waals surface area contributed by atoms with E-state index in [1.165, 1.54) is 16.0 Å². The van der Waals surface area contributed by atoms with E-state index in [2.05, 4.69) is 30.5 Å². The van der Waals surface area contributed by atoms with E-state index in [-0.39, 0.29) is 36.2 Å². The van der Waals surface area contributed by atoms with Gasteiger partial charge in [-0.15, -0.1) is 11.3 Å². The number of fused-ring (bicyclic) bond motifs is 1. The standard InChI is InChI=1S/C30H34N2O3S/c1-3-4-16-31(30(34)26-19-25(26)21-8-6-5-7-9-21)20-28(33)32-17-14-27-24(15-18-36-27)29(32)22-10-12-23(35-2)13-11-22/h5-13,15,18,25-26,29H,3-4,14,16-17,19-20H2,1-2H3. The molecule has 0 saturated heterocycles. The Morgan fingerprint density at radius 3 is 2.56 bits per heavy atom. The normalized spacial score (nSPS) is 20.5. The van der Waals surface area contributed by atoms with Crippen molar-refractivity contribution < 1.29 is 14.3 Å². The van der Waals surface area contributed by atoms with Crippen molar-refractivity contribution >= 4 is 23.2 Å². The fraction of sp³-hybridized carbons (Fsp3) is 0.400. The zero-order valence-electron chi connectivity index (χ0n) is 21.1. The number of nitrogens with zero attached hydrogens (tertiary/aromatic N) is 2. The van der Waals surface area contributed by atoms with Gasteiger partial charge in [0, 0.05) is 23.9 Å². The molecule has 0 radical (unpaired) electrons. The highest BCUT2D eigenvalue weighted by Crippen LogP contribution is 2.48. The van der Waals surface area contributed by atoms with Crippen LogP contribution in [0, 0.1) is 5.92 Å². The highest BCUT2D eigenvalue weighted by molar-refractivity contribution is 7.10. The fourth-order valence-electron chi connectivity index (χ4n) is 5.37. The van der Waals surface area contributed by atoms with Crippen molar-refractivity contribution in [3.05, 3.63) is 87.6 Å². The lowest BCUT2D eigenvalue weighted by molar-refractivity contribution is -0.142. The number of amides is 2. The molecule has 3 unspecified atom stereocenters. The number of carbonyl (C=O) groups is 2. The Balaban J connectivity index is 1.35. The summed E-state index contributed by atoms with van der Waals surface area (Å²) in [5.74, 6) is 1.20. The van der Waals surface area contributed by atoms with Gasteiger partial charge in [0.25, 0.3) is 0 Å². The first-order valence-corrected chi connectivity index (χ1v) is 13.8. The number of benzene rings is 2. The predicted octanol–water partition coefficient (Wildman–Crippen LogP) is 5.66. The fourth-order valence-corrected chi connectivity index (χ4v) is 6.28. The Morgan fingerprint density at radius 1 is 1.06 bits per heavy atom. The highest BCUT2D eigenvalue weighted by Gasteiger charge is 2.46. The first-order chi connectivity index (χ1) is 17.6. The zero-order chi connectivity index (χ0) is 25.1. The maximum Gasteiger partial charge on any atom is 0.242 e. The van der Waals surface area contributed by atoms with Crippen molar-refractivity contribution in [1.29, 1.82) is 0 Å². The molecule has 188 valence electrons. The SMILES string of the molecule is CCCCN(CC(=O)N1CCc2sccc2C1c1ccc(OC)cc1)C(=O)C1CC1c1ccccc1. The third-order valence-electron chi connectivity index (χ3n) is 7.47. The van der Waals surface area contributed by atoms with Crippen LogP contribution in [0.3, 0.4) is 0 Å². The number of unbranched alkanes of at least 4 members (excludes halogenated alkanes) is 1. The van der Waals surface area contributed by atoms with Crippen molar-refractivity contribution in [3.63, 3.8) is 0 Å². The Hall–Kier alpha value is -3.12.